The average Bonchev–Trinajstić information content (AvgIpc) is 3.07. The number of Topliss-reactive ketones (excluding diaryl/α,β-unsaturated/α-hetero) is 1. The van der Waals surface area contributed by atoms with Crippen LogP contribution in [-0.2, 0) is 9.59 Å². The van der Waals surface area contributed by atoms with Crippen molar-refractivity contribution in [1.29, 1.82) is 0 Å². The summed E-state index contributed by atoms with van der Waals surface area (Å²) in [4.78, 5) is 31.5. The van der Waals surface area contributed by atoms with Crippen LogP contribution in [0.4, 0.5) is 14.5 Å². The van der Waals surface area contributed by atoms with E-state index in [0.29, 0.717) is 16.6 Å². The molecule has 0 fully saturated rings. The standard InChI is InChI=1S/C24H24F2N2O4S/c1-24(2,3)20(29)14-33-23-27-19(13-15-5-9-17(31-4)10-6-15)21(30)28(23)16-7-11-18(12-8-16)32-22(25)26/h5-13,22H,14H2,1-4H3. The number of carbonyl (C=O) groups excluding carboxylic acids is 2. The molecule has 2 aromatic carbocycles. The summed E-state index contributed by atoms with van der Waals surface area (Å²) in [6, 6.07) is 12.8. The minimum atomic E-state index is -2.95. The SMILES string of the molecule is COc1ccc(C=C2N=C(SCC(=O)C(C)(C)C)N(c3ccc(OC(F)F)cc3)C2=O)cc1. The van der Waals surface area contributed by atoms with Crippen LogP contribution in [-0.4, -0.2) is 36.3 Å². The van der Waals surface area contributed by atoms with Crippen LogP contribution in [0.25, 0.3) is 6.08 Å². The average molecular weight is 475 g/mol. The number of ether oxygens (including phenoxy) is 2. The lowest BCUT2D eigenvalue weighted by Crippen LogP contribution is -2.31. The fraction of sp³-hybridized carbons (Fsp3) is 0.292. The Kier molecular flexibility index (Phi) is 7.53. The Morgan fingerprint density at radius 3 is 2.24 bits per heavy atom. The lowest BCUT2D eigenvalue weighted by molar-refractivity contribution is -0.123. The highest BCUT2D eigenvalue weighted by molar-refractivity contribution is 8.14. The van der Waals surface area contributed by atoms with E-state index >= 15 is 0 Å². The van der Waals surface area contributed by atoms with Crippen LogP contribution in [0.15, 0.2) is 59.2 Å². The maximum Gasteiger partial charge on any atom is 0.387 e. The Hall–Kier alpha value is -3.20. The van der Waals surface area contributed by atoms with Crippen molar-refractivity contribution < 1.29 is 27.8 Å². The maximum atomic E-state index is 13.2. The van der Waals surface area contributed by atoms with Crippen LogP contribution >= 0.6 is 11.8 Å². The molecular weight excluding hydrogens is 450 g/mol. The van der Waals surface area contributed by atoms with E-state index in [0.717, 1.165) is 17.3 Å². The van der Waals surface area contributed by atoms with Gasteiger partial charge in [0.25, 0.3) is 5.91 Å². The van der Waals surface area contributed by atoms with Gasteiger partial charge in [0.2, 0.25) is 0 Å². The fourth-order valence-corrected chi connectivity index (χ4v) is 3.98. The summed E-state index contributed by atoms with van der Waals surface area (Å²) in [6.45, 7) is 2.53. The van der Waals surface area contributed by atoms with Gasteiger partial charge in [-0.15, -0.1) is 0 Å². The predicted molar refractivity (Wildman–Crippen MR) is 126 cm³/mol. The molecule has 2 aromatic rings. The van der Waals surface area contributed by atoms with Crippen molar-refractivity contribution in [3.63, 3.8) is 0 Å². The molecule has 174 valence electrons. The number of halogens is 2. The van der Waals surface area contributed by atoms with E-state index in [2.05, 4.69) is 9.73 Å². The van der Waals surface area contributed by atoms with E-state index in [1.807, 2.05) is 20.8 Å². The molecule has 1 aliphatic rings. The molecular formula is C24H24F2N2O4S. The molecule has 3 rings (SSSR count). The third kappa shape index (κ3) is 6.19. The van der Waals surface area contributed by atoms with Gasteiger partial charge in [-0.3, -0.25) is 14.5 Å². The number of aliphatic imine (C=N–C) groups is 1. The van der Waals surface area contributed by atoms with E-state index in [-0.39, 0.29) is 28.9 Å². The first-order chi connectivity index (χ1) is 15.6. The number of hydrogen-bond donors (Lipinski definition) is 0. The smallest absolute Gasteiger partial charge is 0.387 e. The molecule has 1 aliphatic heterocycles. The highest BCUT2D eigenvalue weighted by Crippen LogP contribution is 2.32. The van der Waals surface area contributed by atoms with Crippen LogP contribution in [0.5, 0.6) is 11.5 Å². The van der Waals surface area contributed by atoms with E-state index in [1.54, 1.807) is 37.5 Å². The normalized spacial score (nSPS) is 15.2. The molecule has 0 atom stereocenters. The number of hydrogen-bond acceptors (Lipinski definition) is 6. The topological polar surface area (TPSA) is 68.2 Å². The number of benzene rings is 2. The number of amides is 1. The number of ketones is 1. The number of anilines is 1. The van der Waals surface area contributed by atoms with E-state index in [1.165, 1.54) is 29.2 Å². The highest BCUT2D eigenvalue weighted by atomic mass is 32.2. The summed E-state index contributed by atoms with van der Waals surface area (Å²) in [6.07, 6.45) is 1.64. The summed E-state index contributed by atoms with van der Waals surface area (Å²) in [5.41, 5.74) is 0.838. The summed E-state index contributed by atoms with van der Waals surface area (Å²) >= 11 is 1.15. The maximum absolute atomic E-state index is 13.2. The number of rotatable bonds is 7. The van der Waals surface area contributed by atoms with Crippen molar-refractivity contribution in [2.24, 2.45) is 10.4 Å². The number of thioether (sulfide) groups is 1. The monoisotopic (exact) mass is 474 g/mol. The van der Waals surface area contributed by atoms with Gasteiger partial charge in [-0.1, -0.05) is 44.7 Å². The van der Waals surface area contributed by atoms with Gasteiger partial charge < -0.3 is 9.47 Å². The lowest BCUT2D eigenvalue weighted by atomic mass is 9.92. The second-order valence-electron chi connectivity index (χ2n) is 8.17. The molecule has 6 nitrogen and oxygen atoms in total. The van der Waals surface area contributed by atoms with Crippen LogP contribution in [0.3, 0.4) is 0 Å². The molecule has 0 saturated carbocycles. The van der Waals surface area contributed by atoms with Crippen molar-refractivity contribution in [3.05, 3.63) is 59.8 Å². The van der Waals surface area contributed by atoms with Crippen molar-refractivity contribution in [3.8, 4) is 11.5 Å². The van der Waals surface area contributed by atoms with Crippen molar-refractivity contribution >= 4 is 40.4 Å². The molecule has 0 aliphatic carbocycles. The highest BCUT2D eigenvalue weighted by Gasteiger charge is 2.33. The first-order valence-electron chi connectivity index (χ1n) is 10.1. The molecule has 1 heterocycles. The molecule has 0 spiro atoms. The Balaban J connectivity index is 1.91. The summed E-state index contributed by atoms with van der Waals surface area (Å²) in [7, 11) is 1.57. The van der Waals surface area contributed by atoms with Gasteiger partial charge in [0.15, 0.2) is 5.17 Å². The predicted octanol–water partition coefficient (Wildman–Crippen LogP) is 5.39. The van der Waals surface area contributed by atoms with Gasteiger partial charge in [-0.25, -0.2) is 4.99 Å². The summed E-state index contributed by atoms with van der Waals surface area (Å²) in [5.74, 6) is 0.413. The number of alkyl halides is 2. The zero-order valence-electron chi connectivity index (χ0n) is 18.7. The van der Waals surface area contributed by atoms with Gasteiger partial charge in [-0.2, -0.15) is 8.78 Å². The van der Waals surface area contributed by atoms with Gasteiger partial charge in [0.05, 0.1) is 18.6 Å². The van der Waals surface area contributed by atoms with Gasteiger partial charge in [-0.05, 0) is 48.0 Å². The van der Waals surface area contributed by atoms with Crippen LogP contribution in [0.2, 0.25) is 0 Å². The van der Waals surface area contributed by atoms with Gasteiger partial charge in [0, 0.05) is 5.41 Å². The first-order valence-corrected chi connectivity index (χ1v) is 11.1. The third-order valence-corrected chi connectivity index (χ3v) is 5.68. The zero-order chi connectivity index (χ0) is 24.2. The number of carbonyl (C=O) groups is 2. The fourth-order valence-electron chi connectivity index (χ4n) is 2.80. The van der Waals surface area contributed by atoms with Crippen LogP contribution < -0.4 is 14.4 Å². The lowest BCUT2D eigenvalue weighted by Gasteiger charge is -2.20. The molecule has 0 saturated heterocycles. The van der Waals surface area contributed by atoms with Crippen molar-refractivity contribution in [2.45, 2.75) is 27.4 Å². The Bertz CT molecular complexity index is 1080. The van der Waals surface area contributed by atoms with Crippen LogP contribution in [0.1, 0.15) is 26.3 Å². The van der Waals surface area contributed by atoms with Gasteiger partial charge in [0.1, 0.15) is 23.0 Å². The number of amidine groups is 1. The van der Waals surface area contributed by atoms with Crippen molar-refractivity contribution in [1.82, 2.24) is 0 Å². The van der Waals surface area contributed by atoms with Crippen LogP contribution in [0, 0.1) is 5.41 Å². The summed E-state index contributed by atoms with van der Waals surface area (Å²) in [5, 5.41) is 0.333. The largest absolute Gasteiger partial charge is 0.497 e. The second-order valence-corrected chi connectivity index (χ2v) is 9.11. The van der Waals surface area contributed by atoms with E-state index in [4.69, 9.17) is 4.74 Å². The molecule has 33 heavy (non-hydrogen) atoms. The molecule has 0 radical (unpaired) electrons. The Morgan fingerprint density at radius 2 is 1.70 bits per heavy atom. The van der Waals surface area contributed by atoms with E-state index in [9.17, 15) is 18.4 Å². The quantitative estimate of drug-likeness (QED) is 0.504. The van der Waals surface area contributed by atoms with E-state index < -0.39 is 12.0 Å². The number of methoxy groups -OCH3 is 1. The molecule has 1 amide bonds. The molecule has 0 aromatic heterocycles. The number of nitrogens with zero attached hydrogens (tertiary/aromatic N) is 2. The van der Waals surface area contributed by atoms with Crippen molar-refractivity contribution in [2.75, 3.05) is 17.8 Å². The zero-order valence-corrected chi connectivity index (χ0v) is 19.5. The molecule has 9 heteroatoms. The molecule has 0 bridgehead atoms. The minimum absolute atomic E-state index is 0.0101. The first kappa shape index (κ1) is 24.4. The summed E-state index contributed by atoms with van der Waals surface area (Å²) < 4.78 is 34.5. The third-order valence-electron chi connectivity index (χ3n) is 4.74. The molecule has 0 unspecified atom stereocenters. The minimum Gasteiger partial charge on any atom is -0.497 e. The van der Waals surface area contributed by atoms with Gasteiger partial charge >= 0.3 is 6.61 Å². The molecule has 0 N–H and O–H groups in total. The Morgan fingerprint density at radius 1 is 1.09 bits per heavy atom. The second kappa shape index (κ2) is 10.2. The Labute approximate surface area is 195 Å².